The average Bonchev–Trinajstić information content (AvgIpc) is 3.12. The van der Waals surface area contributed by atoms with Gasteiger partial charge in [0.2, 0.25) is 0 Å². The van der Waals surface area contributed by atoms with Gasteiger partial charge in [-0.3, -0.25) is 4.79 Å². The van der Waals surface area contributed by atoms with E-state index in [4.69, 9.17) is 0 Å². The average molecular weight is 359 g/mol. The number of nitrogens with one attached hydrogen (secondary N) is 2. The van der Waals surface area contributed by atoms with Crippen LogP contribution in [0.25, 0.3) is 22.4 Å². The molecule has 1 amide bonds. The van der Waals surface area contributed by atoms with Crippen molar-refractivity contribution in [2.75, 3.05) is 11.6 Å². The minimum atomic E-state index is -0.135. The van der Waals surface area contributed by atoms with Crippen molar-refractivity contribution in [3.05, 3.63) is 78.4 Å². The predicted octanol–water partition coefficient (Wildman–Crippen LogP) is 5.20. The molecule has 4 aromatic rings. The largest absolute Gasteiger partial charge is 0.338 e. The topological polar surface area (TPSA) is 57.8 Å². The molecule has 1 heterocycles. The quantitative estimate of drug-likeness (QED) is 0.492. The molecule has 3 aromatic carbocycles. The number of carbonyl (C=O) groups excluding carboxylic acids is 1. The van der Waals surface area contributed by atoms with Gasteiger partial charge in [-0.25, -0.2) is 4.98 Å². The van der Waals surface area contributed by atoms with Crippen molar-refractivity contribution in [1.82, 2.24) is 9.97 Å². The molecule has 0 saturated carbocycles. The van der Waals surface area contributed by atoms with Crippen LogP contribution in [0, 0.1) is 0 Å². The number of fused-ring (bicyclic) bond motifs is 1. The Labute approximate surface area is 155 Å². The molecule has 4 nitrogen and oxygen atoms in total. The minimum absolute atomic E-state index is 0.135. The Morgan fingerprint density at radius 2 is 1.81 bits per heavy atom. The first kappa shape index (κ1) is 16.4. The van der Waals surface area contributed by atoms with Gasteiger partial charge in [-0.2, -0.15) is 0 Å². The van der Waals surface area contributed by atoms with Gasteiger partial charge in [0.25, 0.3) is 5.91 Å². The molecule has 4 rings (SSSR count). The number of anilines is 1. The lowest BCUT2D eigenvalue weighted by Gasteiger charge is -2.10. The number of thioether (sulfide) groups is 1. The second-order valence-corrected chi connectivity index (χ2v) is 6.71. The third kappa shape index (κ3) is 3.21. The molecule has 0 fully saturated rings. The van der Waals surface area contributed by atoms with Crippen LogP contribution in [0.1, 0.15) is 10.4 Å². The first-order chi connectivity index (χ1) is 12.7. The molecule has 5 heteroatoms. The van der Waals surface area contributed by atoms with Gasteiger partial charge in [-0.05, 0) is 48.7 Å². The fourth-order valence-electron chi connectivity index (χ4n) is 2.84. The maximum absolute atomic E-state index is 12.7. The smallest absolute Gasteiger partial charge is 0.255 e. The highest BCUT2D eigenvalue weighted by atomic mass is 32.2. The van der Waals surface area contributed by atoms with Gasteiger partial charge in [0.15, 0.2) is 0 Å². The second kappa shape index (κ2) is 7.06. The summed E-state index contributed by atoms with van der Waals surface area (Å²) in [5, 5.41) is 3.01. The third-order valence-corrected chi connectivity index (χ3v) is 4.88. The number of carbonyl (C=O) groups is 1. The lowest BCUT2D eigenvalue weighted by atomic mass is 10.1. The molecule has 2 N–H and O–H groups in total. The van der Waals surface area contributed by atoms with Crippen molar-refractivity contribution < 1.29 is 4.79 Å². The van der Waals surface area contributed by atoms with E-state index in [1.54, 1.807) is 11.8 Å². The van der Waals surface area contributed by atoms with E-state index in [-0.39, 0.29) is 5.91 Å². The van der Waals surface area contributed by atoms with Gasteiger partial charge in [0.05, 0.1) is 16.7 Å². The molecular weight excluding hydrogens is 342 g/mol. The minimum Gasteiger partial charge on any atom is -0.338 e. The maximum atomic E-state index is 12.7. The lowest BCUT2D eigenvalue weighted by Crippen LogP contribution is -2.12. The van der Waals surface area contributed by atoms with Crippen LogP contribution >= 0.6 is 11.8 Å². The number of para-hydroxylation sites is 3. The van der Waals surface area contributed by atoms with Crippen LogP contribution < -0.4 is 5.32 Å². The molecule has 0 aliphatic rings. The van der Waals surface area contributed by atoms with E-state index in [2.05, 4.69) is 15.3 Å². The Kier molecular flexibility index (Phi) is 4.46. The maximum Gasteiger partial charge on any atom is 0.255 e. The summed E-state index contributed by atoms with van der Waals surface area (Å²) in [6, 6.07) is 23.1. The van der Waals surface area contributed by atoms with E-state index >= 15 is 0 Å². The number of rotatable bonds is 4. The van der Waals surface area contributed by atoms with E-state index in [1.165, 1.54) is 0 Å². The van der Waals surface area contributed by atoms with E-state index < -0.39 is 0 Å². The van der Waals surface area contributed by atoms with Gasteiger partial charge in [0, 0.05) is 16.0 Å². The van der Waals surface area contributed by atoms with Gasteiger partial charge >= 0.3 is 0 Å². The Morgan fingerprint density at radius 1 is 1.00 bits per heavy atom. The predicted molar refractivity (Wildman–Crippen MR) is 108 cm³/mol. The number of aromatic nitrogens is 2. The fourth-order valence-corrected chi connectivity index (χ4v) is 3.30. The third-order valence-electron chi connectivity index (χ3n) is 4.15. The van der Waals surface area contributed by atoms with Crippen LogP contribution in [0.4, 0.5) is 5.69 Å². The normalized spacial score (nSPS) is 10.8. The standard InChI is InChI=1S/C21H17N3OS/c1-26-15-8-6-7-14(13-15)21(25)24-17-10-3-2-9-16(17)20-22-18-11-4-5-12-19(18)23-20/h2-13H,1H3,(H,22,23)(H,24,25). The number of imidazole rings is 1. The number of hydrogen-bond donors (Lipinski definition) is 2. The summed E-state index contributed by atoms with van der Waals surface area (Å²) < 4.78 is 0. The zero-order chi connectivity index (χ0) is 17.9. The summed E-state index contributed by atoms with van der Waals surface area (Å²) in [6.45, 7) is 0. The highest BCUT2D eigenvalue weighted by Crippen LogP contribution is 2.28. The van der Waals surface area contributed by atoms with Crippen LogP contribution in [0.5, 0.6) is 0 Å². The molecule has 0 unspecified atom stereocenters. The SMILES string of the molecule is CSc1cccc(C(=O)Nc2ccccc2-c2nc3ccccc3[nH]2)c1. The number of amides is 1. The van der Waals surface area contributed by atoms with Crippen LogP contribution in [0.3, 0.4) is 0 Å². The van der Waals surface area contributed by atoms with Gasteiger partial charge < -0.3 is 10.3 Å². The number of nitrogens with zero attached hydrogens (tertiary/aromatic N) is 1. The van der Waals surface area contributed by atoms with Crippen LogP contribution in [0.15, 0.2) is 77.7 Å². The van der Waals surface area contributed by atoms with Gasteiger partial charge in [-0.15, -0.1) is 11.8 Å². The molecular formula is C21H17N3OS. The molecule has 0 atom stereocenters. The number of benzene rings is 3. The number of H-pyrrole nitrogens is 1. The number of aromatic amines is 1. The van der Waals surface area contributed by atoms with E-state index in [0.717, 1.165) is 33.0 Å². The Balaban J connectivity index is 1.68. The fraction of sp³-hybridized carbons (Fsp3) is 0.0476. The van der Waals surface area contributed by atoms with Crippen LogP contribution in [-0.4, -0.2) is 22.1 Å². The first-order valence-electron chi connectivity index (χ1n) is 8.24. The van der Waals surface area contributed by atoms with Crippen molar-refractivity contribution in [2.24, 2.45) is 0 Å². The van der Waals surface area contributed by atoms with Crippen LogP contribution in [0.2, 0.25) is 0 Å². The second-order valence-electron chi connectivity index (χ2n) is 5.83. The van der Waals surface area contributed by atoms with Gasteiger partial charge in [0.1, 0.15) is 5.82 Å². The van der Waals surface area contributed by atoms with Gasteiger partial charge in [-0.1, -0.05) is 30.3 Å². The Hall–Kier alpha value is -3.05. The van der Waals surface area contributed by atoms with Crippen molar-refractivity contribution in [3.63, 3.8) is 0 Å². The zero-order valence-corrected chi connectivity index (χ0v) is 15.0. The summed E-state index contributed by atoms with van der Waals surface area (Å²) in [5.74, 6) is 0.601. The lowest BCUT2D eigenvalue weighted by molar-refractivity contribution is 0.102. The summed E-state index contributed by atoms with van der Waals surface area (Å²) in [7, 11) is 0. The zero-order valence-electron chi connectivity index (χ0n) is 14.2. The molecule has 0 aliphatic heterocycles. The Morgan fingerprint density at radius 3 is 2.65 bits per heavy atom. The highest BCUT2D eigenvalue weighted by molar-refractivity contribution is 7.98. The van der Waals surface area contributed by atoms with E-state index in [0.29, 0.717) is 5.56 Å². The Bertz CT molecular complexity index is 1050. The molecule has 0 radical (unpaired) electrons. The first-order valence-corrected chi connectivity index (χ1v) is 9.46. The molecule has 1 aromatic heterocycles. The monoisotopic (exact) mass is 359 g/mol. The molecule has 0 saturated heterocycles. The van der Waals surface area contributed by atoms with E-state index in [9.17, 15) is 4.79 Å². The molecule has 0 aliphatic carbocycles. The number of hydrogen-bond acceptors (Lipinski definition) is 3. The summed E-state index contributed by atoms with van der Waals surface area (Å²) >= 11 is 1.61. The van der Waals surface area contributed by atoms with Crippen molar-refractivity contribution >= 4 is 34.4 Å². The summed E-state index contributed by atoms with van der Waals surface area (Å²) in [4.78, 5) is 21.7. The summed E-state index contributed by atoms with van der Waals surface area (Å²) in [5.41, 5.74) is 4.09. The highest BCUT2D eigenvalue weighted by Gasteiger charge is 2.13. The van der Waals surface area contributed by atoms with Crippen molar-refractivity contribution in [1.29, 1.82) is 0 Å². The molecule has 0 bridgehead atoms. The van der Waals surface area contributed by atoms with Crippen molar-refractivity contribution in [3.8, 4) is 11.4 Å². The van der Waals surface area contributed by atoms with E-state index in [1.807, 2.05) is 79.1 Å². The summed E-state index contributed by atoms with van der Waals surface area (Å²) in [6.07, 6.45) is 1.99. The molecule has 26 heavy (non-hydrogen) atoms. The van der Waals surface area contributed by atoms with Crippen molar-refractivity contribution in [2.45, 2.75) is 4.90 Å². The molecule has 0 spiro atoms. The van der Waals surface area contributed by atoms with Crippen LogP contribution in [-0.2, 0) is 0 Å². The molecule has 128 valence electrons.